The van der Waals surface area contributed by atoms with Gasteiger partial charge in [0.25, 0.3) is 5.69 Å². The number of nitrogens with zero attached hydrogens (tertiary/aromatic N) is 2. The normalized spacial score (nSPS) is 17.0. The predicted octanol–water partition coefficient (Wildman–Crippen LogP) is 2.60. The molecule has 1 amide bonds. The SMILES string of the molecule is COC(=O)C1c2cc([N+](=O)[O-])ccc2CCN1C(=O)OC(C)(C)C. The number of carbonyl (C=O) groups is 2. The molecule has 1 unspecified atom stereocenters. The Bertz CT molecular complexity index is 680. The number of methoxy groups -OCH3 is 1. The van der Waals surface area contributed by atoms with Gasteiger partial charge >= 0.3 is 12.1 Å². The Labute approximate surface area is 139 Å². The summed E-state index contributed by atoms with van der Waals surface area (Å²) in [6.07, 6.45) is -0.185. The zero-order chi connectivity index (χ0) is 18.1. The lowest BCUT2D eigenvalue weighted by atomic mass is 9.92. The van der Waals surface area contributed by atoms with E-state index in [1.54, 1.807) is 26.8 Å². The van der Waals surface area contributed by atoms with E-state index in [4.69, 9.17) is 9.47 Å². The highest BCUT2D eigenvalue weighted by Crippen LogP contribution is 2.34. The van der Waals surface area contributed by atoms with Gasteiger partial charge in [-0.3, -0.25) is 15.0 Å². The molecule has 1 aromatic rings. The molecule has 0 saturated heterocycles. The zero-order valence-corrected chi connectivity index (χ0v) is 14.1. The number of hydrogen-bond acceptors (Lipinski definition) is 6. The largest absolute Gasteiger partial charge is 0.467 e. The number of benzene rings is 1. The van der Waals surface area contributed by atoms with Crippen molar-refractivity contribution >= 4 is 17.7 Å². The number of non-ortho nitro benzene ring substituents is 1. The lowest BCUT2D eigenvalue weighted by Gasteiger charge is -2.36. The molecule has 0 spiro atoms. The van der Waals surface area contributed by atoms with Crippen LogP contribution in [0.25, 0.3) is 0 Å². The summed E-state index contributed by atoms with van der Waals surface area (Å²) < 4.78 is 10.1. The van der Waals surface area contributed by atoms with Gasteiger partial charge < -0.3 is 9.47 Å². The van der Waals surface area contributed by atoms with Gasteiger partial charge in [-0.05, 0) is 38.3 Å². The van der Waals surface area contributed by atoms with E-state index in [-0.39, 0.29) is 12.2 Å². The van der Waals surface area contributed by atoms with Crippen LogP contribution in [0.2, 0.25) is 0 Å². The van der Waals surface area contributed by atoms with Crippen molar-refractivity contribution in [3.63, 3.8) is 0 Å². The molecule has 1 aliphatic heterocycles. The van der Waals surface area contributed by atoms with Crippen LogP contribution < -0.4 is 0 Å². The molecule has 130 valence electrons. The van der Waals surface area contributed by atoms with Crippen molar-refractivity contribution in [2.45, 2.75) is 38.8 Å². The lowest BCUT2D eigenvalue weighted by Crippen LogP contribution is -2.46. The zero-order valence-electron chi connectivity index (χ0n) is 14.1. The molecule has 0 aromatic heterocycles. The molecule has 0 fully saturated rings. The van der Waals surface area contributed by atoms with Crippen molar-refractivity contribution in [3.05, 3.63) is 39.4 Å². The molecule has 8 heteroatoms. The predicted molar refractivity (Wildman–Crippen MR) is 84.5 cm³/mol. The summed E-state index contributed by atoms with van der Waals surface area (Å²) in [5.41, 5.74) is 0.304. The molecule has 1 atom stereocenters. The molecule has 0 aliphatic carbocycles. The van der Waals surface area contributed by atoms with Crippen LogP contribution in [-0.2, 0) is 20.7 Å². The van der Waals surface area contributed by atoms with Crippen LogP contribution in [0.4, 0.5) is 10.5 Å². The van der Waals surface area contributed by atoms with Crippen LogP contribution in [-0.4, -0.2) is 41.1 Å². The van der Waals surface area contributed by atoms with Gasteiger partial charge in [0.2, 0.25) is 0 Å². The Morgan fingerprint density at radius 3 is 2.54 bits per heavy atom. The fourth-order valence-corrected chi connectivity index (χ4v) is 2.60. The van der Waals surface area contributed by atoms with Crippen LogP contribution in [0.1, 0.15) is 37.9 Å². The fraction of sp³-hybridized carbons (Fsp3) is 0.500. The molecule has 0 N–H and O–H groups in total. The summed E-state index contributed by atoms with van der Waals surface area (Å²) in [6, 6.07) is 3.24. The van der Waals surface area contributed by atoms with Crippen LogP contribution in [0, 0.1) is 10.1 Å². The van der Waals surface area contributed by atoms with Gasteiger partial charge in [-0.1, -0.05) is 6.07 Å². The van der Waals surface area contributed by atoms with Gasteiger partial charge in [0, 0.05) is 18.7 Å². The highest BCUT2D eigenvalue weighted by molar-refractivity contribution is 5.84. The van der Waals surface area contributed by atoms with Crippen LogP contribution in [0.15, 0.2) is 18.2 Å². The first-order valence-electron chi connectivity index (χ1n) is 7.48. The maximum Gasteiger partial charge on any atom is 0.411 e. The monoisotopic (exact) mass is 336 g/mol. The minimum absolute atomic E-state index is 0.145. The molecule has 0 bridgehead atoms. The van der Waals surface area contributed by atoms with Gasteiger partial charge in [-0.15, -0.1) is 0 Å². The second-order valence-corrected chi connectivity index (χ2v) is 6.49. The number of esters is 1. The first kappa shape index (κ1) is 17.7. The maximum absolute atomic E-state index is 12.4. The van der Waals surface area contributed by atoms with E-state index in [1.807, 2.05) is 0 Å². The van der Waals surface area contributed by atoms with Crippen LogP contribution in [0.3, 0.4) is 0 Å². The van der Waals surface area contributed by atoms with Crippen molar-refractivity contribution in [1.82, 2.24) is 4.90 Å². The van der Waals surface area contributed by atoms with Gasteiger partial charge in [-0.2, -0.15) is 0 Å². The van der Waals surface area contributed by atoms with Crippen LogP contribution >= 0.6 is 0 Å². The van der Waals surface area contributed by atoms with E-state index in [2.05, 4.69) is 0 Å². The number of carbonyl (C=O) groups excluding carboxylic acids is 2. The highest BCUT2D eigenvalue weighted by atomic mass is 16.6. The third kappa shape index (κ3) is 3.64. The van der Waals surface area contributed by atoms with Gasteiger partial charge in [-0.25, -0.2) is 9.59 Å². The lowest BCUT2D eigenvalue weighted by molar-refractivity contribution is -0.385. The molecule has 24 heavy (non-hydrogen) atoms. The fourth-order valence-electron chi connectivity index (χ4n) is 2.60. The number of fused-ring (bicyclic) bond motifs is 1. The van der Waals surface area contributed by atoms with Crippen LogP contribution in [0.5, 0.6) is 0 Å². The van der Waals surface area contributed by atoms with Crippen molar-refractivity contribution < 1.29 is 24.0 Å². The molecule has 0 radical (unpaired) electrons. The quantitative estimate of drug-likeness (QED) is 0.467. The molecular formula is C16H20N2O6. The smallest absolute Gasteiger partial charge is 0.411 e. The van der Waals surface area contributed by atoms with E-state index in [1.165, 1.54) is 24.1 Å². The molecule has 2 rings (SSSR count). The average Bonchev–Trinajstić information content (AvgIpc) is 2.50. The molecule has 1 aliphatic rings. The molecule has 8 nitrogen and oxygen atoms in total. The number of nitro groups is 1. The third-order valence-corrected chi connectivity index (χ3v) is 3.62. The first-order valence-corrected chi connectivity index (χ1v) is 7.48. The van der Waals surface area contributed by atoms with Gasteiger partial charge in [0.15, 0.2) is 6.04 Å². The van der Waals surface area contributed by atoms with E-state index >= 15 is 0 Å². The van der Waals surface area contributed by atoms with E-state index in [0.29, 0.717) is 12.0 Å². The topological polar surface area (TPSA) is 99.0 Å². The van der Waals surface area contributed by atoms with Crippen molar-refractivity contribution in [2.24, 2.45) is 0 Å². The Balaban J connectivity index is 2.45. The minimum atomic E-state index is -1.06. The van der Waals surface area contributed by atoms with Gasteiger partial charge in [0.05, 0.1) is 12.0 Å². The second-order valence-electron chi connectivity index (χ2n) is 6.49. The van der Waals surface area contributed by atoms with Crippen molar-refractivity contribution in [2.75, 3.05) is 13.7 Å². The Morgan fingerprint density at radius 1 is 1.33 bits per heavy atom. The van der Waals surface area contributed by atoms with E-state index in [0.717, 1.165) is 5.56 Å². The number of amides is 1. The summed E-state index contributed by atoms with van der Waals surface area (Å²) in [6.45, 7) is 5.43. The standard InChI is InChI=1S/C16H20N2O6/c1-16(2,3)24-15(20)17-8-7-10-5-6-11(18(21)22)9-12(10)13(17)14(19)23-4/h5-6,9,13H,7-8H2,1-4H3. The highest BCUT2D eigenvalue weighted by Gasteiger charge is 2.39. The Hall–Kier alpha value is -2.64. The number of ether oxygens (including phenoxy) is 2. The molecule has 0 saturated carbocycles. The second kappa shape index (κ2) is 6.46. The molecular weight excluding hydrogens is 316 g/mol. The summed E-state index contributed by atoms with van der Waals surface area (Å²) >= 11 is 0. The summed E-state index contributed by atoms with van der Waals surface area (Å²) in [5.74, 6) is -0.665. The van der Waals surface area contributed by atoms with Crippen molar-refractivity contribution in [3.8, 4) is 0 Å². The maximum atomic E-state index is 12.4. The van der Waals surface area contributed by atoms with E-state index in [9.17, 15) is 19.7 Å². The van der Waals surface area contributed by atoms with Crippen molar-refractivity contribution in [1.29, 1.82) is 0 Å². The number of nitro benzene ring substituents is 1. The van der Waals surface area contributed by atoms with Gasteiger partial charge in [0.1, 0.15) is 5.60 Å². The molecule has 1 aromatic carbocycles. The summed E-state index contributed by atoms with van der Waals surface area (Å²) in [5, 5.41) is 11.0. The Kier molecular flexibility index (Phi) is 4.77. The summed E-state index contributed by atoms with van der Waals surface area (Å²) in [4.78, 5) is 36.4. The average molecular weight is 336 g/mol. The third-order valence-electron chi connectivity index (χ3n) is 3.62. The number of rotatable bonds is 2. The Morgan fingerprint density at radius 2 is 2.00 bits per heavy atom. The molecule has 1 heterocycles. The number of hydrogen-bond donors (Lipinski definition) is 0. The summed E-state index contributed by atoms with van der Waals surface area (Å²) in [7, 11) is 1.21. The first-order chi connectivity index (χ1) is 11.1. The minimum Gasteiger partial charge on any atom is -0.467 e. The van der Waals surface area contributed by atoms with E-state index < -0.39 is 28.6 Å².